The fraction of sp³-hybridized carbons (Fsp3) is 0.938. The Balaban J connectivity index is 1.95. The van der Waals surface area contributed by atoms with Crippen LogP contribution >= 0.6 is 0 Å². The highest BCUT2D eigenvalue weighted by molar-refractivity contribution is 7.88. The number of nitrogens with one attached hydrogen (secondary N) is 1. The molecule has 128 valence electrons. The summed E-state index contributed by atoms with van der Waals surface area (Å²) >= 11 is 0. The molecule has 2 saturated carbocycles. The summed E-state index contributed by atoms with van der Waals surface area (Å²) in [5.74, 6) is -0.137. The molecule has 0 radical (unpaired) electrons. The van der Waals surface area contributed by atoms with E-state index >= 15 is 0 Å². The minimum atomic E-state index is -3.34. The summed E-state index contributed by atoms with van der Waals surface area (Å²) in [5, 5.41) is 3.03. The first-order valence-corrected chi connectivity index (χ1v) is 10.6. The molecule has 0 unspecified atom stereocenters. The van der Waals surface area contributed by atoms with Gasteiger partial charge in [0, 0.05) is 12.1 Å². The van der Waals surface area contributed by atoms with Crippen LogP contribution in [-0.2, 0) is 14.8 Å². The third-order valence-electron chi connectivity index (χ3n) is 4.93. The van der Waals surface area contributed by atoms with Crippen LogP contribution < -0.4 is 5.32 Å². The summed E-state index contributed by atoms with van der Waals surface area (Å²) in [6.07, 6.45) is 13.0. The Morgan fingerprint density at radius 3 is 2.00 bits per heavy atom. The number of hydrogen-bond donors (Lipinski definition) is 1. The molecule has 2 aliphatic carbocycles. The highest BCUT2D eigenvalue weighted by Crippen LogP contribution is 2.24. The van der Waals surface area contributed by atoms with E-state index in [0.29, 0.717) is 0 Å². The summed E-state index contributed by atoms with van der Waals surface area (Å²) < 4.78 is 25.7. The lowest BCUT2D eigenvalue weighted by molar-refractivity contribution is -0.122. The molecule has 5 nitrogen and oxygen atoms in total. The second-order valence-electron chi connectivity index (χ2n) is 6.86. The van der Waals surface area contributed by atoms with E-state index < -0.39 is 10.0 Å². The summed E-state index contributed by atoms with van der Waals surface area (Å²) in [6.45, 7) is -0.0139. The van der Waals surface area contributed by atoms with E-state index in [9.17, 15) is 13.2 Å². The molecule has 6 heteroatoms. The zero-order chi connectivity index (χ0) is 16.0. The molecule has 0 aliphatic heterocycles. The van der Waals surface area contributed by atoms with Crippen LogP contribution in [0.15, 0.2) is 0 Å². The van der Waals surface area contributed by atoms with E-state index in [1.54, 1.807) is 0 Å². The molecule has 1 N–H and O–H groups in total. The lowest BCUT2D eigenvalue weighted by Gasteiger charge is -2.30. The van der Waals surface area contributed by atoms with Crippen molar-refractivity contribution in [2.24, 2.45) is 0 Å². The van der Waals surface area contributed by atoms with Gasteiger partial charge in [-0.2, -0.15) is 4.31 Å². The summed E-state index contributed by atoms with van der Waals surface area (Å²) in [7, 11) is -3.34. The molecule has 0 spiro atoms. The van der Waals surface area contributed by atoms with Gasteiger partial charge in [0.05, 0.1) is 12.8 Å². The highest BCUT2D eigenvalue weighted by atomic mass is 32.2. The van der Waals surface area contributed by atoms with E-state index in [1.807, 2.05) is 0 Å². The topological polar surface area (TPSA) is 66.5 Å². The van der Waals surface area contributed by atoms with Gasteiger partial charge in [0.25, 0.3) is 0 Å². The van der Waals surface area contributed by atoms with Crippen LogP contribution in [0.2, 0.25) is 0 Å². The van der Waals surface area contributed by atoms with E-state index in [2.05, 4.69) is 5.32 Å². The number of carbonyl (C=O) groups excluding carboxylic acids is 1. The van der Waals surface area contributed by atoms with Gasteiger partial charge in [0.1, 0.15) is 0 Å². The first kappa shape index (κ1) is 17.7. The second-order valence-corrected chi connectivity index (χ2v) is 8.79. The van der Waals surface area contributed by atoms with Crippen molar-refractivity contribution in [3.05, 3.63) is 0 Å². The summed E-state index contributed by atoms with van der Waals surface area (Å²) in [6, 6.07) is 0.228. The molecular formula is C16H30N2O3S. The van der Waals surface area contributed by atoms with Gasteiger partial charge in [-0.05, 0) is 25.7 Å². The van der Waals surface area contributed by atoms with Crippen LogP contribution in [0.4, 0.5) is 0 Å². The zero-order valence-electron chi connectivity index (χ0n) is 13.7. The molecule has 1 amide bonds. The van der Waals surface area contributed by atoms with Crippen molar-refractivity contribution < 1.29 is 13.2 Å². The van der Waals surface area contributed by atoms with Gasteiger partial charge in [-0.3, -0.25) is 4.79 Å². The first-order valence-electron chi connectivity index (χ1n) is 8.73. The number of amides is 1. The molecular weight excluding hydrogens is 300 g/mol. The van der Waals surface area contributed by atoms with Gasteiger partial charge >= 0.3 is 0 Å². The Bertz CT molecular complexity index is 450. The van der Waals surface area contributed by atoms with E-state index in [-0.39, 0.29) is 24.5 Å². The van der Waals surface area contributed by atoms with Crippen molar-refractivity contribution in [3.8, 4) is 0 Å². The third kappa shape index (κ3) is 5.54. The quantitative estimate of drug-likeness (QED) is 0.787. The smallest absolute Gasteiger partial charge is 0.235 e. The van der Waals surface area contributed by atoms with Gasteiger partial charge in [0.15, 0.2) is 0 Å². The second kappa shape index (κ2) is 8.29. The Labute approximate surface area is 134 Å². The molecule has 0 aromatic heterocycles. The molecule has 0 aromatic rings. The number of carbonyl (C=O) groups is 1. The van der Waals surface area contributed by atoms with Gasteiger partial charge in [-0.15, -0.1) is 0 Å². The van der Waals surface area contributed by atoms with Gasteiger partial charge < -0.3 is 5.32 Å². The monoisotopic (exact) mass is 330 g/mol. The zero-order valence-corrected chi connectivity index (χ0v) is 14.5. The van der Waals surface area contributed by atoms with Gasteiger partial charge in [-0.25, -0.2) is 8.42 Å². The number of rotatable bonds is 5. The molecule has 0 heterocycles. The maximum atomic E-state index is 12.3. The largest absolute Gasteiger partial charge is 0.352 e. The highest BCUT2D eigenvalue weighted by Gasteiger charge is 2.29. The van der Waals surface area contributed by atoms with Crippen LogP contribution in [-0.4, -0.2) is 43.5 Å². The third-order valence-corrected chi connectivity index (χ3v) is 6.21. The van der Waals surface area contributed by atoms with Gasteiger partial charge in [-0.1, -0.05) is 44.9 Å². The molecule has 22 heavy (non-hydrogen) atoms. The molecule has 0 saturated heterocycles. The molecule has 2 rings (SSSR count). The van der Waals surface area contributed by atoms with Crippen LogP contribution in [0.5, 0.6) is 0 Å². The molecule has 0 bridgehead atoms. The van der Waals surface area contributed by atoms with Crippen molar-refractivity contribution in [2.45, 2.75) is 82.7 Å². The molecule has 0 atom stereocenters. The Morgan fingerprint density at radius 1 is 0.955 bits per heavy atom. The summed E-state index contributed by atoms with van der Waals surface area (Å²) in [4.78, 5) is 12.3. The van der Waals surface area contributed by atoms with E-state index in [0.717, 1.165) is 51.4 Å². The van der Waals surface area contributed by atoms with Crippen molar-refractivity contribution in [1.29, 1.82) is 0 Å². The fourth-order valence-electron chi connectivity index (χ4n) is 3.72. The van der Waals surface area contributed by atoms with Gasteiger partial charge in [0.2, 0.25) is 15.9 Å². The lowest BCUT2D eigenvalue weighted by atomic mass is 9.95. The fourth-order valence-corrected chi connectivity index (χ4v) is 4.83. The predicted octanol–water partition coefficient (Wildman–Crippen LogP) is 2.42. The Hall–Kier alpha value is -0.620. The van der Waals surface area contributed by atoms with Crippen molar-refractivity contribution in [2.75, 3.05) is 12.8 Å². The lowest BCUT2D eigenvalue weighted by Crippen LogP contribution is -2.48. The van der Waals surface area contributed by atoms with E-state index in [4.69, 9.17) is 0 Å². The van der Waals surface area contributed by atoms with Crippen molar-refractivity contribution >= 4 is 15.9 Å². The SMILES string of the molecule is CS(=O)(=O)N(CC(=O)NC1CCCCC1)C1CCCCCC1. The van der Waals surface area contributed by atoms with Crippen molar-refractivity contribution in [3.63, 3.8) is 0 Å². The average molecular weight is 330 g/mol. The standard InChI is InChI=1S/C16H30N2O3S/c1-22(20,21)18(15-11-7-2-3-8-12-15)13-16(19)17-14-9-5-4-6-10-14/h14-15H,2-13H2,1H3,(H,17,19). The van der Waals surface area contributed by atoms with Crippen LogP contribution in [0.1, 0.15) is 70.6 Å². The number of sulfonamides is 1. The summed E-state index contributed by atoms with van der Waals surface area (Å²) in [5.41, 5.74) is 0. The maximum absolute atomic E-state index is 12.3. The number of hydrogen-bond acceptors (Lipinski definition) is 3. The first-order chi connectivity index (χ1) is 10.5. The molecule has 2 fully saturated rings. The normalized spacial score (nSPS) is 22.5. The Kier molecular flexibility index (Phi) is 6.68. The van der Waals surface area contributed by atoms with Crippen LogP contribution in [0.25, 0.3) is 0 Å². The molecule has 0 aromatic carbocycles. The van der Waals surface area contributed by atoms with Crippen LogP contribution in [0.3, 0.4) is 0 Å². The predicted molar refractivity (Wildman–Crippen MR) is 88.1 cm³/mol. The minimum absolute atomic E-state index is 0.00499. The van der Waals surface area contributed by atoms with Crippen molar-refractivity contribution in [1.82, 2.24) is 9.62 Å². The average Bonchev–Trinajstić information content (AvgIpc) is 2.73. The van der Waals surface area contributed by atoms with E-state index in [1.165, 1.54) is 29.8 Å². The Morgan fingerprint density at radius 2 is 1.45 bits per heavy atom. The molecule has 2 aliphatic rings. The number of nitrogens with zero attached hydrogens (tertiary/aromatic N) is 1. The minimum Gasteiger partial charge on any atom is -0.352 e. The van der Waals surface area contributed by atoms with Crippen LogP contribution in [0, 0.1) is 0 Å². The maximum Gasteiger partial charge on any atom is 0.235 e.